The molecular formula is C12H12ClN3O2. The average molecular weight is 266 g/mol. The zero-order chi connectivity index (χ0) is 13.3. The van der Waals surface area contributed by atoms with E-state index < -0.39 is 5.97 Å². The molecule has 0 fully saturated rings. The third-order valence-electron chi connectivity index (χ3n) is 2.70. The summed E-state index contributed by atoms with van der Waals surface area (Å²) in [5.74, 6) is -1.08. The maximum atomic E-state index is 11.0. The molecule has 1 aromatic carbocycles. The molecular weight excluding hydrogens is 254 g/mol. The Labute approximate surface area is 109 Å². The Morgan fingerprint density at radius 1 is 1.50 bits per heavy atom. The molecule has 0 bridgehead atoms. The normalized spacial score (nSPS) is 10.6. The van der Waals surface area contributed by atoms with Crippen molar-refractivity contribution >= 4 is 17.6 Å². The molecule has 1 N–H and O–H groups in total. The number of carboxylic acids is 1. The van der Waals surface area contributed by atoms with Crippen LogP contribution in [0.3, 0.4) is 0 Å². The van der Waals surface area contributed by atoms with E-state index >= 15 is 0 Å². The molecule has 0 aliphatic carbocycles. The van der Waals surface area contributed by atoms with E-state index in [1.807, 2.05) is 26.0 Å². The number of halogens is 1. The molecule has 0 saturated carbocycles. The van der Waals surface area contributed by atoms with Crippen molar-refractivity contribution in [1.29, 1.82) is 0 Å². The molecule has 0 spiro atoms. The largest absolute Gasteiger partial charge is 0.476 e. The maximum absolute atomic E-state index is 11.0. The first-order chi connectivity index (χ1) is 8.56. The quantitative estimate of drug-likeness (QED) is 0.926. The van der Waals surface area contributed by atoms with E-state index in [0.717, 1.165) is 5.56 Å². The molecule has 94 valence electrons. The molecule has 0 radical (unpaired) electrons. The van der Waals surface area contributed by atoms with Crippen molar-refractivity contribution in [2.24, 2.45) is 0 Å². The van der Waals surface area contributed by atoms with Crippen LogP contribution in [-0.2, 0) is 6.42 Å². The van der Waals surface area contributed by atoms with Crippen LogP contribution in [-0.4, -0.2) is 26.1 Å². The van der Waals surface area contributed by atoms with E-state index in [9.17, 15) is 4.79 Å². The summed E-state index contributed by atoms with van der Waals surface area (Å²) in [5.41, 5.74) is 2.06. The number of carbonyl (C=O) groups is 1. The standard InChI is InChI=1S/C12H12ClN3O2/c1-3-8-11(12(17)18)14-15-16(8)9-6-4-5-7(2)10(9)13/h4-6H,3H2,1-2H3,(H,17,18). The Kier molecular flexibility index (Phi) is 3.34. The third-order valence-corrected chi connectivity index (χ3v) is 3.19. The van der Waals surface area contributed by atoms with Gasteiger partial charge in [-0.05, 0) is 25.0 Å². The van der Waals surface area contributed by atoms with Gasteiger partial charge in [0.05, 0.1) is 16.4 Å². The monoisotopic (exact) mass is 265 g/mol. The number of carboxylic acid groups (broad SMARTS) is 1. The lowest BCUT2D eigenvalue weighted by Crippen LogP contribution is -2.06. The van der Waals surface area contributed by atoms with Crippen molar-refractivity contribution in [1.82, 2.24) is 15.0 Å². The Bertz CT molecular complexity index is 607. The highest BCUT2D eigenvalue weighted by Gasteiger charge is 2.19. The van der Waals surface area contributed by atoms with E-state index in [0.29, 0.717) is 22.8 Å². The summed E-state index contributed by atoms with van der Waals surface area (Å²) in [6.45, 7) is 3.73. The molecule has 5 nitrogen and oxygen atoms in total. The highest BCUT2D eigenvalue weighted by atomic mass is 35.5. The summed E-state index contributed by atoms with van der Waals surface area (Å²) in [6.07, 6.45) is 0.513. The van der Waals surface area contributed by atoms with Crippen LogP contribution in [0.1, 0.15) is 28.7 Å². The number of aryl methyl sites for hydroxylation is 1. The fraction of sp³-hybridized carbons (Fsp3) is 0.250. The van der Waals surface area contributed by atoms with Crippen LogP contribution in [0.25, 0.3) is 5.69 Å². The van der Waals surface area contributed by atoms with Gasteiger partial charge < -0.3 is 5.11 Å². The molecule has 1 heterocycles. The first kappa shape index (κ1) is 12.6. The van der Waals surface area contributed by atoms with Crippen LogP contribution in [0.4, 0.5) is 0 Å². The van der Waals surface area contributed by atoms with Crippen molar-refractivity contribution in [3.05, 3.63) is 40.2 Å². The van der Waals surface area contributed by atoms with E-state index in [4.69, 9.17) is 16.7 Å². The second-order valence-electron chi connectivity index (χ2n) is 3.86. The Balaban J connectivity index is 2.65. The highest BCUT2D eigenvalue weighted by Crippen LogP contribution is 2.25. The van der Waals surface area contributed by atoms with E-state index in [2.05, 4.69) is 10.3 Å². The Hall–Kier alpha value is -1.88. The molecule has 2 rings (SSSR count). The summed E-state index contributed by atoms with van der Waals surface area (Å²) in [6, 6.07) is 5.51. The van der Waals surface area contributed by atoms with Gasteiger partial charge >= 0.3 is 5.97 Å². The number of nitrogens with zero attached hydrogens (tertiary/aromatic N) is 3. The smallest absolute Gasteiger partial charge is 0.358 e. The van der Waals surface area contributed by atoms with Crippen molar-refractivity contribution < 1.29 is 9.90 Å². The van der Waals surface area contributed by atoms with Gasteiger partial charge in [-0.1, -0.05) is 35.9 Å². The Morgan fingerprint density at radius 2 is 2.22 bits per heavy atom. The van der Waals surface area contributed by atoms with Crippen molar-refractivity contribution in [2.75, 3.05) is 0 Å². The first-order valence-corrected chi connectivity index (χ1v) is 5.87. The highest BCUT2D eigenvalue weighted by molar-refractivity contribution is 6.33. The predicted octanol–water partition coefficient (Wildman–Crippen LogP) is 2.49. The van der Waals surface area contributed by atoms with Gasteiger partial charge in [0.25, 0.3) is 0 Å². The van der Waals surface area contributed by atoms with Gasteiger partial charge in [0.1, 0.15) is 0 Å². The van der Waals surface area contributed by atoms with Gasteiger partial charge in [0.2, 0.25) is 0 Å². The number of hydrogen-bond acceptors (Lipinski definition) is 3. The van der Waals surface area contributed by atoms with Gasteiger partial charge in [0, 0.05) is 0 Å². The number of rotatable bonds is 3. The Morgan fingerprint density at radius 3 is 2.83 bits per heavy atom. The van der Waals surface area contributed by atoms with E-state index in [1.54, 1.807) is 6.07 Å². The summed E-state index contributed by atoms with van der Waals surface area (Å²) in [7, 11) is 0. The number of hydrogen-bond donors (Lipinski definition) is 1. The minimum absolute atomic E-state index is 0.0323. The summed E-state index contributed by atoms with van der Waals surface area (Å²) >= 11 is 6.21. The molecule has 0 saturated heterocycles. The van der Waals surface area contributed by atoms with Gasteiger partial charge in [-0.2, -0.15) is 0 Å². The van der Waals surface area contributed by atoms with Gasteiger partial charge in [-0.25, -0.2) is 9.48 Å². The van der Waals surface area contributed by atoms with E-state index in [1.165, 1.54) is 4.68 Å². The molecule has 1 aromatic heterocycles. The topological polar surface area (TPSA) is 68.0 Å². The molecule has 0 unspecified atom stereocenters. The number of benzene rings is 1. The van der Waals surface area contributed by atoms with Crippen LogP contribution in [0, 0.1) is 6.92 Å². The third kappa shape index (κ3) is 1.97. The van der Waals surface area contributed by atoms with Crippen LogP contribution in [0.2, 0.25) is 5.02 Å². The van der Waals surface area contributed by atoms with Crippen LogP contribution >= 0.6 is 11.6 Å². The fourth-order valence-corrected chi connectivity index (χ4v) is 1.98. The minimum atomic E-state index is -1.08. The summed E-state index contributed by atoms with van der Waals surface area (Å²) in [5, 5.41) is 17.2. The SMILES string of the molecule is CCc1c(C(=O)O)nnn1-c1cccc(C)c1Cl. The molecule has 2 aromatic rings. The maximum Gasteiger partial charge on any atom is 0.358 e. The van der Waals surface area contributed by atoms with Gasteiger partial charge in [-0.3, -0.25) is 0 Å². The summed E-state index contributed by atoms with van der Waals surface area (Å²) < 4.78 is 1.48. The molecule has 18 heavy (non-hydrogen) atoms. The molecule has 0 amide bonds. The predicted molar refractivity (Wildman–Crippen MR) is 67.4 cm³/mol. The van der Waals surface area contributed by atoms with Crippen LogP contribution in [0.5, 0.6) is 0 Å². The first-order valence-electron chi connectivity index (χ1n) is 5.49. The zero-order valence-electron chi connectivity index (χ0n) is 10.0. The molecule has 0 aliphatic rings. The summed E-state index contributed by atoms with van der Waals surface area (Å²) in [4.78, 5) is 11.0. The lowest BCUT2D eigenvalue weighted by molar-refractivity contribution is 0.0689. The van der Waals surface area contributed by atoms with Crippen LogP contribution < -0.4 is 0 Å². The van der Waals surface area contributed by atoms with Crippen LogP contribution in [0.15, 0.2) is 18.2 Å². The second kappa shape index (κ2) is 4.78. The number of aromatic carboxylic acids is 1. The molecule has 0 atom stereocenters. The van der Waals surface area contributed by atoms with Crippen molar-refractivity contribution in [3.63, 3.8) is 0 Å². The van der Waals surface area contributed by atoms with Crippen molar-refractivity contribution in [3.8, 4) is 5.69 Å². The average Bonchev–Trinajstić information content (AvgIpc) is 2.76. The molecule has 0 aliphatic heterocycles. The fourth-order valence-electron chi connectivity index (χ4n) is 1.77. The van der Waals surface area contributed by atoms with Gasteiger partial charge in [0.15, 0.2) is 5.69 Å². The molecule has 6 heteroatoms. The minimum Gasteiger partial charge on any atom is -0.476 e. The lowest BCUT2D eigenvalue weighted by atomic mass is 10.2. The lowest BCUT2D eigenvalue weighted by Gasteiger charge is -2.08. The van der Waals surface area contributed by atoms with E-state index in [-0.39, 0.29) is 5.69 Å². The second-order valence-corrected chi connectivity index (χ2v) is 4.24. The zero-order valence-corrected chi connectivity index (χ0v) is 10.8. The van der Waals surface area contributed by atoms with Crippen molar-refractivity contribution in [2.45, 2.75) is 20.3 Å². The van der Waals surface area contributed by atoms with Gasteiger partial charge in [-0.15, -0.1) is 5.10 Å². The number of aromatic nitrogens is 3.